The van der Waals surface area contributed by atoms with Crippen molar-refractivity contribution in [3.05, 3.63) is 86.8 Å². The van der Waals surface area contributed by atoms with Crippen LogP contribution in [0.2, 0.25) is 5.02 Å². The maximum atomic E-state index is 13.5. The van der Waals surface area contributed by atoms with Crippen LogP contribution in [-0.4, -0.2) is 25.8 Å². The molecular formula is C21H20ClN3O6S. The fourth-order valence-corrected chi connectivity index (χ4v) is 4.78. The van der Waals surface area contributed by atoms with Crippen LogP contribution in [0.4, 0.5) is 11.4 Å². The maximum Gasteiger partial charge on any atom is 0.289 e. The van der Waals surface area contributed by atoms with Crippen LogP contribution in [-0.2, 0) is 21.4 Å². The molecule has 0 atom stereocenters. The molecule has 1 amide bonds. The zero-order valence-electron chi connectivity index (χ0n) is 17.2. The highest BCUT2D eigenvalue weighted by atomic mass is 35.5. The highest BCUT2D eigenvalue weighted by Gasteiger charge is 2.30. The van der Waals surface area contributed by atoms with Gasteiger partial charge in [0.1, 0.15) is 17.3 Å². The third kappa shape index (κ3) is 5.09. The Kier molecular flexibility index (Phi) is 6.85. The third-order valence-corrected chi connectivity index (χ3v) is 6.73. The Bertz CT molecular complexity index is 1260. The van der Waals surface area contributed by atoms with Gasteiger partial charge in [-0.1, -0.05) is 29.3 Å². The predicted octanol–water partition coefficient (Wildman–Crippen LogP) is 3.97. The molecule has 0 aliphatic carbocycles. The number of nitrogens with one attached hydrogen (secondary N) is 1. The van der Waals surface area contributed by atoms with E-state index in [2.05, 4.69) is 5.32 Å². The van der Waals surface area contributed by atoms with Gasteiger partial charge in [0.15, 0.2) is 0 Å². The van der Waals surface area contributed by atoms with E-state index < -0.39 is 33.1 Å². The van der Waals surface area contributed by atoms with Crippen LogP contribution in [0.3, 0.4) is 0 Å². The first kappa shape index (κ1) is 23.3. The Morgan fingerprint density at radius 1 is 1.19 bits per heavy atom. The van der Waals surface area contributed by atoms with Crippen molar-refractivity contribution < 1.29 is 22.6 Å². The van der Waals surface area contributed by atoms with E-state index in [9.17, 15) is 23.3 Å². The van der Waals surface area contributed by atoms with Crippen molar-refractivity contribution in [1.29, 1.82) is 0 Å². The average Bonchev–Trinajstić information content (AvgIpc) is 3.24. The minimum Gasteiger partial charge on any atom is -0.467 e. The quantitative estimate of drug-likeness (QED) is 0.387. The van der Waals surface area contributed by atoms with E-state index in [4.69, 9.17) is 16.0 Å². The Balaban J connectivity index is 2.00. The summed E-state index contributed by atoms with van der Waals surface area (Å²) in [5, 5.41) is 13.7. The molecule has 3 aromatic rings. The number of carbonyl (C=O) groups excluding carboxylic acids is 1. The lowest BCUT2D eigenvalue weighted by Crippen LogP contribution is -2.41. The molecule has 0 aliphatic heterocycles. The van der Waals surface area contributed by atoms with Crippen LogP contribution in [0.15, 0.2) is 64.1 Å². The van der Waals surface area contributed by atoms with E-state index in [1.807, 2.05) is 6.92 Å². The number of sulfonamides is 1. The second-order valence-corrected chi connectivity index (χ2v) is 9.30. The lowest BCUT2D eigenvalue weighted by Gasteiger charge is -2.25. The molecule has 1 N–H and O–H groups in total. The zero-order valence-corrected chi connectivity index (χ0v) is 18.8. The molecule has 1 heterocycles. The van der Waals surface area contributed by atoms with Crippen LogP contribution >= 0.6 is 11.6 Å². The van der Waals surface area contributed by atoms with Crippen LogP contribution in [0.25, 0.3) is 0 Å². The minimum absolute atomic E-state index is 0.0824. The number of halogens is 1. The first-order valence-corrected chi connectivity index (χ1v) is 11.2. The molecule has 0 spiro atoms. The fourth-order valence-electron chi connectivity index (χ4n) is 3.09. The van der Waals surface area contributed by atoms with E-state index in [1.165, 1.54) is 12.3 Å². The summed E-state index contributed by atoms with van der Waals surface area (Å²) in [6.07, 6.45) is 1.46. The second-order valence-electron chi connectivity index (χ2n) is 7.03. The van der Waals surface area contributed by atoms with Gasteiger partial charge in [0, 0.05) is 6.07 Å². The molecule has 0 radical (unpaired) electrons. The average molecular weight is 478 g/mol. The largest absolute Gasteiger partial charge is 0.467 e. The van der Waals surface area contributed by atoms with Crippen LogP contribution < -0.4 is 9.62 Å². The number of furan rings is 1. The number of nitro groups is 1. The predicted molar refractivity (Wildman–Crippen MR) is 119 cm³/mol. The summed E-state index contributed by atoms with van der Waals surface area (Å²) >= 11 is 5.83. The number of carbonyl (C=O) groups is 1. The summed E-state index contributed by atoms with van der Waals surface area (Å²) in [5.41, 5.74) is 1.26. The third-order valence-electron chi connectivity index (χ3n) is 4.65. The number of aryl methyl sites for hydroxylation is 2. The molecule has 11 heteroatoms. The molecule has 0 bridgehead atoms. The highest BCUT2D eigenvalue weighted by molar-refractivity contribution is 7.92. The summed E-state index contributed by atoms with van der Waals surface area (Å²) in [6, 6.07) is 11.6. The van der Waals surface area contributed by atoms with Gasteiger partial charge in [-0.05, 0) is 49.7 Å². The molecule has 3 rings (SSSR count). The second kappa shape index (κ2) is 9.41. The van der Waals surface area contributed by atoms with E-state index in [1.54, 1.807) is 37.3 Å². The number of amides is 1. The summed E-state index contributed by atoms with van der Waals surface area (Å²) in [6.45, 7) is 3.12. The van der Waals surface area contributed by atoms with Gasteiger partial charge >= 0.3 is 0 Å². The molecule has 32 heavy (non-hydrogen) atoms. The molecule has 168 valence electrons. The molecule has 0 saturated heterocycles. The van der Waals surface area contributed by atoms with Gasteiger partial charge in [0.2, 0.25) is 5.91 Å². The number of rotatable bonds is 8. The number of anilines is 1. The normalized spacial score (nSPS) is 11.2. The van der Waals surface area contributed by atoms with Crippen LogP contribution in [0.1, 0.15) is 16.9 Å². The van der Waals surface area contributed by atoms with Crippen molar-refractivity contribution in [2.75, 3.05) is 10.8 Å². The van der Waals surface area contributed by atoms with E-state index in [0.717, 1.165) is 22.0 Å². The Labute approximate surface area is 189 Å². The summed E-state index contributed by atoms with van der Waals surface area (Å²) in [7, 11) is -4.34. The summed E-state index contributed by atoms with van der Waals surface area (Å²) < 4.78 is 33.1. The Morgan fingerprint density at radius 2 is 1.94 bits per heavy atom. The van der Waals surface area contributed by atoms with Gasteiger partial charge in [0.05, 0.1) is 28.3 Å². The molecule has 0 aliphatic rings. The van der Waals surface area contributed by atoms with E-state index in [0.29, 0.717) is 11.3 Å². The number of nitro benzene ring substituents is 1. The maximum absolute atomic E-state index is 13.5. The topological polar surface area (TPSA) is 123 Å². The molecule has 0 saturated carbocycles. The van der Waals surface area contributed by atoms with Gasteiger partial charge in [-0.3, -0.25) is 19.2 Å². The minimum atomic E-state index is -4.34. The Hall–Kier alpha value is -3.37. The SMILES string of the molecule is Cc1ccc(N(CC(=O)NCc2ccco2)S(=O)(=O)c2ccc(Cl)c([N+](=O)[O-])c2)c(C)c1. The number of hydrogen-bond acceptors (Lipinski definition) is 6. The Morgan fingerprint density at radius 3 is 2.56 bits per heavy atom. The monoisotopic (exact) mass is 477 g/mol. The van der Waals surface area contributed by atoms with Gasteiger partial charge in [-0.25, -0.2) is 8.42 Å². The molecule has 9 nitrogen and oxygen atoms in total. The first-order valence-electron chi connectivity index (χ1n) is 9.42. The van der Waals surface area contributed by atoms with Crippen LogP contribution in [0.5, 0.6) is 0 Å². The van der Waals surface area contributed by atoms with E-state index >= 15 is 0 Å². The van der Waals surface area contributed by atoms with Gasteiger partial charge < -0.3 is 9.73 Å². The number of hydrogen-bond donors (Lipinski definition) is 1. The van der Waals surface area contributed by atoms with Gasteiger partial charge in [-0.15, -0.1) is 0 Å². The standard InChI is InChI=1S/C21H20ClN3O6S/c1-14-5-8-19(15(2)10-14)24(13-21(26)23-12-16-4-3-9-31-16)32(29,30)17-6-7-18(22)20(11-17)25(27)28/h3-11H,12-13H2,1-2H3,(H,23,26). The molecule has 1 aromatic heterocycles. The van der Waals surface area contributed by atoms with Crippen molar-refractivity contribution >= 4 is 38.9 Å². The number of nitrogens with zero attached hydrogens (tertiary/aromatic N) is 2. The molecule has 2 aromatic carbocycles. The summed E-state index contributed by atoms with van der Waals surface area (Å²) in [5.74, 6) is -0.0685. The van der Waals surface area contributed by atoms with Crippen molar-refractivity contribution in [3.63, 3.8) is 0 Å². The smallest absolute Gasteiger partial charge is 0.289 e. The fraction of sp³-hybridized carbons (Fsp3) is 0.190. The van der Waals surface area contributed by atoms with Gasteiger partial charge in [-0.2, -0.15) is 0 Å². The zero-order chi connectivity index (χ0) is 23.5. The lowest BCUT2D eigenvalue weighted by molar-refractivity contribution is -0.384. The summed E-state index contributed by atoms with van der Waals surface area (Å²) in [4.78, 5) is 22.7. The number of benzene rings is 2. The van der Waals surface area contributed by atoms with Crippen molar-refractivity contribution in [2.45, 2.75) is 25.3 Å². The molecule has 0 unspecified atom stereocenters. The van der Waals surface area contributed by atoms with Crippen molar-refractivity contribution in [3.8, 4) is 0 Å². The molecular weight excluding hydrogens is 458 g/mol. The van der Waals surface area contributed by atoms with E-state index in [-0.39, 0.29) is 22.2 Å². The van der Waals surface area contributed by atoms with Crippen LogP contribution in [0, 0.1) is 24.0 Å². The lowest BCUT2D eigenvalue weighted by atomic mass is 10.1. The first-order chi connectivity index (χ1) is 15.1. The van der Waals surface area contributed by atoms with Gasteiger partial charge in [0.25, 0.3) is 15.7 Å². The highest BCUT2D eigenvalue weighted by Crippen LogP contribution is 2.32. The van der Waals surface area contributed by atoms with Crippen molar-refractivity contribution in [1.82, 2.24) is 5.32 Å². The van der Waals surface area contributed by atoms with Crippen molar-refractivity contribution in [2.24, 2.45) is 0 Å². The molecule has 0 fully saturated rings.